The highest BCUT2D eigenvalue weighted by molar-refractivity contribution is 7.84. The fourth-order valence-electron chi connectivity index (χ4n) is 1.81. The summed E-state index contributed by atoms with van der Waals surface area (Å²) in [5, 5.41) is 4.66. The molecular formula is C12H14N2O3S. The number of carbonyl (C=O) groups is 2. The van der Waals surface area contributed by atoms with Crippen molar-refractivity contribution in [2.45, 2.75) is 18.2 Å². The Morgan fingerprint density at radius 2 is 1.89 bits per heavy atom. The van der Waals surface area contributed by atoms with Crippen molar-refractivity contribution in [2.75, 3.05) is 5.75 Å². The first-order chi connectivity index (χ1) is 8.49. The minimum absolute atomic E-state index is 0.111. The fraction of sp³-hybridized carbons (Fsp3) is 0.333. The number of hydrogen-bond acceptors (Lipinski definition) is 3. The van der Waals surface area contributed by atoms with Gasteiger partial charge in [0.2, 0.25) is 0 Å². The Morgan fingerprint density at radius 1 is 1.22 bits per heavy atom. The zero-order chi connectivity index (χ0) is 13.2. The number of benzene rings is 1. The van der Waals surface area contributed by atoms with Crippen molar-refractivity contribution in [1.29, 1.82) is 0 Å². The lowest BCUT2D eigenvalue weighted by molar-refractivity contribution is -0.122. The molecule has 0 radical (unpaired) electrons. The summed E-state index contributed by atoms with van der Waals surface area (Å²) in [5.41, 5.74) is -0.124. The number of amides is 3. The summed E-state index contributed by atoms with van der Waals surface area (Å²) in [6.07, 6.45) is 0. The van der Waals surface area contributed by atoms with Gasteiger partial charge in [0.15, 0.2) is 0 Å². The molecule has 1 aromatic carbocycles. The molecule has 0 aliphatic carbocycles. The molecule has 0 bridgehead atoms. The molecule has 3 amide bonds. The Kier molecular flexibility index (Phi) is 3.47. The van der Waals surface area contributed by atoms with Gasteiger partial charge in [-0.1, -0.05) is 30.3 Å². The summed E-state index contributed by atoms with van der Waals surface area (Å²) in [5.74, 6) is 0.0629. The maximum atomic E-state index is 12.0. The average Bonchev–Trinajstić information content (AvgIpc) is 2.53. The molecule has 1 heterocycles. The fourth-order valence-corrected chi connectivity index (χ4v) is 3.33. The smallest absolute Gasteiger partial charge is 0.322 e. The van der Waals surface area contributed by atoms with E-state index in [0.29, 0.717) is 5.75 Å². The Balaban J connectivity index is 2.00. The van der Waals surface area contributed by atoms with E-state index in [4.69, 9.17) is 0 Å². The molecule has 5 nitrogen and oxygen atoms in total. The molecule has 2 rings (SSSR count). The minimum atomic E-state index is -1.21. The van der Waals surface area contributed by atoms with E-state index in [2.05, 4.69) is 10.6 Å². The van der Waals surface area contributed by atoms with Crippen LogP contribution in [0.4, 0.5) is 4.79 Å². The first-order valence-electron chi connectivity index (χ1n) is 5.52. The first-order valence-corrected chi connectivity index (χ1v) is 7.01. The molecule has 1 fully saturated rings. The molecule has 1 saturated heterocycles. The first kappa shape index (κ1) is 12.8. The highest BCUT2D eigenvalue weighted by Crippen LogP contribution is 2.13. The number of nitrogens with one attached hydrogen (secondary N) is 2. The number of imide groups is 1. The van der Waals surface area contributed by atoms with Crippen LogP contribution in [0.3, 0.4) is 0 Å². The number of carbonyl (C=O) groups excluding carboxylic acids is 2. The maximum absolute atomic E-state index is 12.0. The molecule has 18 heavy (non-hydrogen) atoms. The molecule has 0 aromatic heterocycles. The van der Waals surface area contributed by atoms with E-state index >= 15 is 0 Å². The largest absolute Gasteiger partial charge is 0.323 e. The summed E-state index contributed by atoms with van der Waals surface area (Å²) >= 11 is 0. The molecule has 96 valence electrons. The van der Waals surface area contributed by atoms with Crippen molar-refractivity contribution >= 4 is 22.7 Å². The predicted octanol–water partition coefficient (Wildman–Crippen LogP) is 0.533. The van der Waals surface area contributed by atoms with E-state index in [1.165, 1.54) is 0 Å². The molecule has 1 aromatic rings. The molecule has 6 heteroatoms. The van der Waals surface area contributed by atoms with Crippen molar-refractivity contribution in [2.24, 2.45) is 0 Å². The van der Waals surface area contributed by atoms with Crippen LogP contribution in [0.25, 0.3) is 0 Å². The lowest BCUT2D eigenvalue weighted by Gasteiger charge is -2.19. The standard InChI is InChI=1S/C12H14N2O3S/c1-12(10(15)13-11(16)14-12)8-18(17)7-9-5-3-2-4-6-9/h2-6H,7-8H2,1H3,(H2,13,14,15,16)/t12-,18?/m1/s1. The predicted molar refractivity (Wildman–Crippen MR) is 68.2 cm³/mol. The van der Waals surface area contributed by atoms with Gasteiger partial charge in [-0.3, -0.25) is 14.3 Å². The number of rotatable bonds is 4. The molecule has 2 N–H and O–H groups in total. The summed E-state index contributed by atoms with van der Waals surface area (Å²) < 4.78 is 12.0. The third kappa shape index (κ3) is 2.76. The van der Waals surface area contributed by atoms with E-state index in [-0.39, 0.29) is 5.75 Å². The van der Waals surface area contributed by atoms with Crippen molar-refractivity contribution < 1.29 is 13.8 Å². The van der Waals surface area contributed by atoms with Crippen LogP contribution in [0.2, 0.25) is 0 Å². The van der Waals surface area contributed by atoms with E-state index in [0.717, 1.165) is 5.56 Å². The van der Waals surface area contributed by atoms with Gasteiger partial charge < -0.3 is 5.32 Å². The number of hydrogen-bond donors (Lipinski definition) is 2. The van der Waals surface area contributed by atoms with Crippen LogP contribution in [0.5, 0.6) is 0 Å². The lowest BCUT2D eigenvalue weighted by Crippen LogP contribution is -2.48. The van der Waals surface area contributed by atoms with Crippen molar-refractivity contribution in [1.82, 2.24) is 10.6 Å². The Hall–Kier alpha value is -1.69. The lowest BCUT2D eigenvalue weighted by atomic mass is 10.1. The van der Waals surface area contributed by atoms with Crippen molar-refractivity contribution in [3.8, 4) is 0 Å². The van der Waals surface area contributed by atoms with E-state index in [9.17, 15) is 13.8 Å². The second-order valence-electron chi connectivity index (χ2n) is 4.45. The van der Waals surface area contributed by atoms with Gasteiger partial charge in [-0.25, -0.2) is 4.79 Å². The molecular weight excluding hydrogens is 252 g/mol. The van der Waals surface area contributed by atoms with Crippen molar-refractivity contribution in [3.05, 3.63) is 35.9 Å². The third-order valence-corrected chi connectivity index (χ3v) is 4.29. The van der Waals surface area contributed by atoms with E-state index in [1.54, 1.807) is 6.92 Å². The monoisotopic (exact) mass is 266 g/mol. The minimum Gasteiger partial charge on any atom is -0.323 e. The zero-order valence-electron chi connectivity index (χ0n) is 9.93. The average molecular weight is 266 g/mol. The van der Waals surface area contributed by atoms with Gasteiger partial charge in [0.25, 0.3) is 5.91 Å². The highest BCUT2D eigenvalue weighted by Gasteiger charge is 2.43. The van der Waals surface area contributed by atoms with Gasteiger partial charge >= 0.3 is 6.03 Å². The van der Waals surface area contributed by atoms with Gasteiger partial charge in [-0.15, -0.1) is 0 Å². The summed E-state index contributed by atoms with van der Waals surface area (Å²) in [7, 11) is -1.21. The van der Waals surface area contributed by atoms with Gasteiger partial charge in [-0.2, -0.15) is 0 Å². The molecule has 0 saturated carbocycles. The van der Waals surface area contributed by atoms with Crippen LogP contribution in [0.15, 0.2) is 30.3 Å². The SMILES string of the molecule is C[C@]1(CS(=O)Cc2ccccc2)NC(=O)NC1=O. The van der Waals surface area contributed by atoms with Crippen LogP contribution in [0, 0.1) is 0 Å². The molecule has 2 atom stereocenters. The van der Waals surface area contributed by atoms with Gasteiger partial charge in [0, 0.05) is 16.6 Å². The summed E-state index contributed by atoms with van der Waals surface area (Å²) in [4.78, 5) is 22.6. The van der Waals surface area contributed by atoms with Gasteiger partial charge in [-0.05, 0) is 12.5 Å². The molecule has 1 aliphatic heterocycles. The van der Waals surface area contributed by atoms with E-state index in [1.807, 2.05) is 30.3 Å². The summed E-state index contributed by atoms with van der Waals surface area (Å²) in [6, 6.07) is 8.87. The molecule has 1 aliphatic rings. The molecule has 1 unspecified atom stereocenters. The normalized spacial score (nSPS) is 24.5. The van der Waals surface area contributed by atoms with E-state index < -0.39 is 28.3 Å². The van der Waals surface area contributed by atoms with Crippen molar-refractivity contribution in [3.63, 3.8) is 0 Å². The maximum Gasteiger partial charge on any atom is 0.322 e. The van der Waals surface area contributed by atoms with Crippen LogP contribution >= 0.6 is 0 Å². The van der Waals surface area contributed by atoms with Gasteiger partial charge in [0.05, 0.1) is 5.75 Å². The molecule has 0 spiro atoms. The van der Waals surface area contributed by atoms with Gasteiger partial charge in [0.1, 0.15) is 5.54 Å². The Morgan fingerprint density at radius 3 is 2.44 bits per heavy atom. The van der Waals surface area contributed by atoms with Crippen LogP contribution < -0.4 is 10.6 Å². The third-order valence-electron chi connectivity index (χ3n) is 2.74. The zero-order valence-corrected chi connectivity index (χ0v) is 10.8. The second kappa shape index (κ2) is 4.89. The Labute approximate surface area is 107 Å². The van der Waals surface area contributed by atoms with Crippen LogP contribution in [-0.2, 0) is 21.3 Å². The topological polar surface area (TPSA) is 75.3 Å². The second-order valence-corrected chi connectivity index (χ2v) is 5.91. The number of urea groups is 1. The van der Waals surface area contributed by atoms with Crippen LogP contribution in [0.1, 0.15) is 12.5 Å². The quantitative estimate of drug-likeness (QED) is 0.781. The van der Waals surface area contributed by atoms with Crippen LogP contribution in [-0.4, -0.2) is 27.4 Å². The summed E-state index contributed by atoms with van der Waals surface area (Å²) in [6.45, 7) is 1.58. The highest BCUT2D eigenvalue weighted by atomic mass is 32.2. The Bertz CT molecular complexity index is 503.